The van der Waals surface area contributed by atoms with Crippen molar-refractivity contribution >= 4 is 17.5 Å². The van der Waals surface area contributed by atoms with Crippen LogP contribution in [0.15, 0.2) is 60.7 Å². The van der Waals surface area contributed by atoms with Crippen LogP contribution in [-0.2, 0) is 23.1 Å². The quantitative estimate of drug-likeness (QED) is 0.621. The molecule has 8 heteroatoms. The van der Waals surface area contributed by atoms with Crippen molar-refractivity contribution in [3.05, 3.63) is 83.2 Å². The maximum absolute atomic E-state index is 12.5. The van der Waals surface area contributed by atoms with Crippen molar-refractivity contribution in [3.8, 4) is 0 Å². The molecular formula is C24H26N4O4. The zero-order valence-electron chi connectivity index (χ0n) is 18.1. The van der Waals surface area contributed by atoms with Crippen molar-refractivity contribution in [2.24, 2.45) is 7.05 Å². The van der Waals surface area contributed by atoms with E-state index in [1.807, 2.05) is 49.4 Å². The first-order valence-electron chi connectivity index (χ1n) is 10.4. The number of aromatic nitrogens is 2. The molecule has 0 aliphatic carbocycles. The summed E-state index contributed by atoms with van der Waals surface area (Å²) in [6, 6.07) is 18.1. The number of aliphatic hydroxyl groups is 1. The minimum Gasteiger partial charge on any atom is -0.394 e. The molecule has 2 atom stereocenters. The van der Waals surface area contributed by atoms with Crippen molar-refractivity contribution in [2.45, 2.75) is 25.6 Å². The fourth-order valence-corrected chi connectivity index (χ4v) is 3.82. The van der Waals surface area contributed by atoms with Gasteiger partial charge in [-0.1, -0.05) is 42.5 Å². The van der Waals surface area contributed by atoms with E-state index < -0.39 is 12.1 Å². The summed E-state index contributed by atoms with van der Waals surface area (Å²) in [5, 5.41) is 17.1. The standard InChI is InChI=1S/C24H26N4O4/c1-16-12-20(26-27(16)2)24(31)25-19-10-8-18(9-11-19)23-21(14-29)28(22(30)15-32-23)13-17-6-4-3-5-7-17/h3-12,21,23,29H,13-15H2,1-2H3,(H,25,31). The van der Waals surface area contributed by atoms with Crippen molar-refractivity contribution in [2.75, 3.05) is 18.5 Å². The molecule has 2 N–H and O–H groups in total. The Labute approximate surface area is 186 Å². The molecule has 0 saturated carbocycles. The molecule has 8 nitrogen and oxygen atoms in total. The molecule has 0 spiro atoms. The lowest BCUT2D eigenvalue weighted by atomic mass is 9.98. The third-order valence-electron chi connectivity index (χ3n) is 5.68. The summed E-state index contributed by atoms with van der Waals surface area (Å²) in [5.74, 6) is -0.443. The lowest BCUT2D eigenvalue weighted by Crippen LogP contribution is -2.52. The minimum absolute atomic E-state index is 0.0501. The fourth-order valence-electron chi connectivity index (χ4n) is 3.82. The van der Waals surface area contributed by atoms with Crippen LogP contribution in [0.2, 0.25) is 0 Å². The van der Waals surface area contributed by atoms with E-state index in [1.165, 1.54) is 0 Å². The van der Waals surface area contributed by atoms with Crippen molar-refractivity contribution in [1.29, 1.82) is 0 Å². The van der Waals surface area contributed by atoms with Crippen LogP contribution in [0.1, 0.15) is 33.4 Å². The second-order valence-corrected chi connectivity index (χ2v) is 7.86. The molecule has 2 unspecified atom stereocenters. The fraction of sp³-hybridized carbons (Fsp3) is 0.292. The number of amides is 2. The Balaban J connectivity index is 1.48. The summed E-state index contributed by atoms with van der Waals surface area (Å²) >= 11 is 0. The SMILES string of the molecule is Cc1cc(C(=O)Nc2ccc(C3OCC(=O)N(Cc4ccccc4)C3CO)cc2)nn1C. The van der Waals surface area contributed by atoms with E-state index in [1.54, 1.807) is 34.8 Å². The van der Waals surface area contributed by atoms with Crippen molar-refractivity contribution < 1.29 is 19.4 Å². The molecule has 2 heterocycles. The molecule has 166 valence electrons. The van der Waals surface area contributed by atoms with E-state index in [2.05, 4.69) is 10.4 Å². The first-order valence-corrected chi connectivity index (χ1v) is 10.4. The normalized spacial score (nSPS) is 18.6. The van der Waals surface area contributed by atoms with E-state index >= 15 is 0 Å². The van der Waals surface area contributed by atoms with Gasteiger partial charge in [-0.15, -0.1) is 0 Å². The second kappa shape index (κ2) is 9.33. The van der Waals surface area contributed by atoms with Gasteiger partial charge in [0.2, 0.25) is 5.91 Å². The maximum Gasteiger partial charge on any atom is 0.276 e. The van der Waals surface area contributed by atoms with Gasteiger partial charge in [-0.3, -0.25) is 14.3 Å². The van der Waals surface area contributed by atoms with Crippen LogP contribution in [-0.4, -0.2) is 50.9 Å². The van der Waals surface area contributed by atoms with E-state index in [0.29, 0.717) is 17.9 Å². The highest BCUT2D eigenvalue weighted by Crippen LogP contribution is 2.31. The maximum atomic E-state index is 12.5. The number of aryl methyl sites for hydroxylation is 2. The number of nitrogens with zero attached hydrogens (tertiary/aromatic N) is 3. The first kappa shape index (κ1) is 21.7. The van der Waals surface area contributed by atoms with Gasteiger partial charge in [-0.25, -0.2) is 0 Å². The second-order valence-electron chi connectivity index (χ2n) is 7.86. The predicted octanol–water partition coefficient (Wildman–Crippen LogP) is 2.44. The Morgan fingerprint density at radius 3 is 2.53 bits per heavy atom. The zero-order chi connectivity index (χ0) is 22.7. The molecule has 1 aliphatic rings. The predicted molar refractivity (Wildman–Crippen MR) is 119 cm³/mol. The molecular weight excluding hydrogens is 408 g/mol. The molecule has 2 amide bonds. The molecule has 0 bridgehead atoms. The molecule has 1 saturated heterocycles. The van der Waals surface area contributed by atoms with Gasteiger partial charge in [-0.05, 0) is 36.2 Å². The van der Waals surface area contributed by atoms with Crippen molar-refractivity contribution in [1.82, 2.24) is 14.7 Å². The van der Waals surface area contributed by atoms with Crippen LogP contribution < -0.4 is 5.32 Å². The van der Waals surface area contributed by atoms with E-state index in [0.717, 1.165) is 16.8 Å². The first-order chi connectivity index (χ1) is 15.5. The van der Waals surface area contributed by atoms with Crippen LogP contribution in [0.4, 0.5) is 5.69 Å². The zero-order valence-corrected chi connectivity index (χ0v) is 18.1. The van der Waals surface area contributed by atoms with Gasteiger partial charge in [0.1, 0.15) is 12.7 Å². The molecule has 2 aromatic carbocycles. The Morgan fingerprint density at radius 1 is 1.19 bits per heavy atom. The van der Waals surface area contributed by atoms with Crippen molar-refractivity contribution in [3.63, 3.8) is 0 Å². The number of hydrogen-bond donors (Lipinski definition) is 2. The Kier molecular flexibility index (Phi) is 6.34. The monoisotopic (exact) mass is 434 g/mol. The summed E-state index contributed by atoms with van der Waals surface area (Å²) in [7, 11) is 1.79. The highest BCUT2D eigenvalue weighted by atomic mass is 16.5. The van der Waals surface area contributed by atoms with Gasteiger partial charge in [-0.2, -0.15) is 5.10 Å². The summed E-state index contributed by atoms with van der Waals surface area (Å²) in [4.78, 5) is 26.6. The molecule has 32 heavy (non-hydrogen) atoms. The van der Waals surface area contributed by atoms with Crippen LogP contribution in [0.5, 0.6) is 0 Å². The number of morpholine rings is 1. The van der Waals surface area contributed by atoms with Gasteiger partial charge in [0.05, 0.1) is 12.6 Å². The summed E-state index contributed by atoms with van der Waals surface area (Å²) in [6.07, 6.45) is -0.468. The molecule has 4 rings (SSSR count). The van der Waals surface area contributed by atoms with Crippen LogP contribution in [0.3, 0.4) is 0 Å². The van der Waals surface area contributed by atoms with Crippen LogP contribution >= 0.6 is 0 Å². The molecule has 3 aromatic rings. The van der Waals surface area contributed by atoms with Gasteiger partial charge in [0.25, 0.3) is 5.91 Å². The lowest BCUT2D eigenvalue weighted by Gasteiger charge is -2.40. The molecule has 1 aromatic heterocycles. The number of hydrogen-bond acceptors (Lipinski definition) is 5. The van der Waals surface area contributed by atoms with E-state index in [4.69, 9.17) is 4.74 Å². The molecule has 1 aliphatic heterocycles. The van der Waals surface area contributed by atoms with Crippen LogP contribution in [0.25, 0.3) is 0 Å². The summed E-state index contributed by atoms with van der Waals surface area (Å²) in [5.41, 5.74) is 3.67. The third-order valence-corrected chi connectivity index (χ3v) is 5.68. The Morgan fingerprint density at radius 2 is 1.91 bits per heavy atom. The van der Waals surface area contributed by atoms with E-state index in [9.17, 15) is 14.7 Å². The number of ether oxygens (including phenoxy) is 1. The number of carbonyl (C=O) groups is 2. The smallest absolute Gasteiger partial charge is 0.276 e. The number of carbonyl (C=O) groups excluding carboxylic acids is 2. The Bertz CT molecular complexity index is 1080. The average Bonchev–Trinajstić information content (AvgIpc) is 3.15. The largest absolute Gasteiger partial charge is 0.394 e. The highest BCUT2D eigenvalue weighted by Gasteiger charge is 2.37. The average molecular weight is 434 g/mol. The number of nitrogens with one attached hydrogen (secondary N) is 1. The Hall–Kier alpha value is -3.49. The number of anilines is 1. The van der Waals surface area contributed by atoms with Crippen LogP contribution in [0, 0.1) is 6.92 Å². The van der Waals surface area contributed by atoms with Gasteiger partial charge in [0, 0.05) is 25.0 Å². The lowest BCUT2D eigenvalue weighted by molar-refractivity contribution is -0.162. The van der Waals surface area contributed by atoms with E-state index in [-0.39, 0.29) is 25.0 Å². The third kappa shape index (κ3) is 4.56. The number of benzene rings is 2. The molecule has 1 fully saturated rings. The minimum atomic E-state index is -0.506. The van der Waals surface area contributed by atoms with Gasteiger partial charge >= 0.3 is 0 Å². The van der Waals surface area contributed by atoms with Gasteiger partial charge in [0.15, 0.2) is 5.69 Å². The summed E-state index contributed by atoms with van der Waals surface area (Å²) < 4.78 is 7.45. The topological polar surface area (TPSA) is 96.7 Å². The molecule has 0 radical (unpaired) electrons. The van der Waals surface area contributed by atoms with Gasteiger partial charge < -0.3 is 20.1 Å². The summed E-state index contributed by atoms with van der Waals surface area (Å²) in [6.45, 7) is 2.01. The number of aliphatic hydroxyl groups excluding tert-OH is 1. The highest BCUT2D eigenvalue weighted by molar-refractivity contribution is 6.02. The number of rotatable bonds is 6.